The van der Waals surface area contributed by atoms with Crippen molar-refractivity contribution in [3.63, 3.8) is 0 Å². The fourth-order valence-electron chi connectivity index (χ4n) is 3.26. The molecule has 3 aromatic rings. The van der Waals surface area contributed by atoms with Gasteiger partial charge < -0.3 is 20.7 Å². The third-order valence-corrected chi connectivity index (χ3v) is 4.60. The number of nitrogens with one attached hydrogen (secondary N) is 1. The average molecular weight is 361 g/mol. The second-order valence-corrected chi connectivity index (χ2v) is 6.50. The van der Waals surface area contributed by atoms with Gasteiger partial charge >= 0.3 is 0 Å². The minimum absolute atomic E-state index is 0.276. The van der Waals surface area contributed by atoms with Crippen LogP contribution in [0.4, 0.5) is 17.6 Å². The maximum absolute atomic E-state index is 5.94. The van der Waals surface area contributed by atoms with Gasteiger partial charge in [0.05, 0.1) is 6.54 Å². The second kappa shape index (κ2) is 7.95. The molecule has 3 N–H and O–H groups in total. The topological polar surface area (TPSA) is 76.3 Å². The van der Waals surface area contributed by atoms with E-state index in [2.05, 4.69) is 44.5 Å². The first-order chi connectivity index (χ1) is 13.3. The number of nitrogens with two attached hydrogens (primary N) is 1. The zero-order valence-corrected chi connectivity index (χ0v) is 15.1. The Balaban J connectivity index is 1.38. The third-order valence-electron chi connectivity index (χ3n) is 4.60. The Morgan fingerprint density at radius 1 is 1.00 bits per heavy atom. The Kier molecular flexibility index (Phi) is 5.05. The van der Waals surface area contributed by atoms with Gasteiger partial charge in [-0.05, 0) is 29.7 Å². The van der Waals surface area contributed by atoms with Crippen LogP contribution < -0.4 is 20.7 Å². The van der Waals surface area contributed by atoms with E-state index in [0.29, 0.717) is 19.0 Å². The van der Waals surface area contributed by atoms with Gasteiger partial charge in [-0.15, -0.1) is 0 Å². The van der Waals surface area contributed by atoms with Gasteiger partial charge in [0, 0.05) is 19.2 Å². The standard InChI is InChI=1S/C21H23N5O/c22-21-24-19(23-11-13-27-18-8-2-1-3-9-18)14-20(25-21)26-12-10-16-6-4-5-7-17(16)15-26/h1-9,14H,10-13,15H2,(H3,22,23,24,25). The number of fused-ring (bicyclic) bond motifs is 1. The maximum atomic E-state index is 5.94. The van der Waals surface area contributed by atoms with Crippen LogP contribution in [0.5, 0.6) is 5.75 Å². The molecule has 0 fully saturated rings. The lowest BCUT2D eigenvalue weighted by molar-refractivity contribution is 0.333. The first kappa shape index (κ1) is 17.1. The molecule has 0 bridgehead atoms. The highest BCUT2D eigenvalue weighted by atomic mass is 16.5. The predicted octanol–water partition coefficient (Wildman–Crippen LogP) is 3.11. The number of hydrogen-bond donors (Lipinski definition) is 2. The fraction of sp³-hybridized carbons (Fsp3) is 0.238. The minimum atomic E-state index is 0.276. The molecule has 2 aromatic carbocycles. The molecule has 0 amide bonds. The summed E-state index contributed by atoms with van der Waals surface area (Å²) in [7, 11) is 0. The summed E-state index contributed by atoms with van der Waals surface area (Å²) in [5, 5.41) is 3.27. The van der Waals surface area contributed by atoms with Crippen molar-refractivity contribution in [2.75, 3.05) is 35.6 Å². The fourth-order valence-corrected chi connectivity index (χ4v) is 3.26. The van der Waals surface area contributed by atoms with Crippen LogP contribution in [0.2, 0.25) is 0 Å². The van der Waals surface area contributed by atoms with Crippen LogP contribution in [0.25, 0.3) is 0 Å². The number of ether oxygens (including phenoxy) is 1. The van der Waals surface area contributed by atoms with Crippen molar-refractivity contribution in [3.05, 3.63) is 71.8 Å². The van der Waals surface area contributed by atoms with Crippen LogP contribution >= 0.6 is 0 Å². The van der Waals surface area contributed by atoms with Gasteiger partial charge in [0.15, 0.2) is 0 Å². The molecule has 0 saturated carbocycles. The molecule has 0 unspecified atom stereocenters. The number of para-hydroxylation sites is 1. The molecular formula is C21H23N5O. The van der Waals surface area contributed by atoms with E-state index in [4.69, 9.17) is 10.5 Å². The highest BCUT2D eigenvalue weighted by Gasteiger charge is 2.18. The highest BCUT2D eigenvalue weighted by molar-refractivity contribution is 5.54. The summed E-state index contributed by atoms with van der Waals surface area (Å²) in [4.78, 5) is 11.0. The molecule has 0 radical (unpaired) electrons. The summed E-state index contributed by atoms with van der Waals surface area (Å²) in [6.07, 6.45) is 1.01. The van der Waals surface area contributed by atoms with E-state index in [1.807, 2.05) is 36.4 Å². The van der Waals surface area contributed by atoms with Crippen molar-refractivity contribution in [1.82, 2.24) is 9.97 Å². The van der Waals surface area contributed by atoms with Crippen molar-refractivity contribution in [3.8, 4) is 5.75 Å². The third kappa shape index (κ3) is 4.28. The van der Waals surface area contributed by atoms with Gasteiger partial charge in [0.25, 0.3) is 0 Å². The average Bonchev–Trinajstić information content (AvgIpc) is 2.71. The van der Waals surface area contributed by atoms with Crippen LogP contribution in [-0.2, 0) is 13.0 Å². The number of benzene rings is 2. The largest absolute Gasteiger partial charge is 0.492 e. The Bertz CT molecular complexity index is 900. The summed E-state index contributed by atoms with van der Waals surface area (Å²) in [5.74, 6) is 2.70. The van der Waals surface area contributed by atoms with Crippen molar-refractivity contribution in [1.29, 1.82) is 0 Å². The van der Waals surface area contributed by atoms with Gasteiger partial charge in [0.1, 0.15) is 24.0 Å². The van der Waals surface area contributed by atoms with E-state index in [0.717, 1.165) is 31.1 Å². The summed E-state index contributed by atoms with van der Waals surface area (Å²) >= 11 is 0. The predicted molar refractivity (Wildman–Crippen MR) is 108 cm³/mol. The number of rotatable bonds is 6. The van der Waals surface area contributed by atoms with Crippen molar-refractivity contribution in [2.45, 2.75) is 13.0 Å². The molecule has 27 heavy (non-hydrogen) atoms. The minimum Gasteiger partial charge on any atom is -0.492 e. The normalized spacial score (nSPS) is 13.1. The molecule has 0 spiro atoms. The molecule has 138 valence electrons. The molecule has 0 saturated heterocycles. The first-order valence-electron chi connectivity index (χ1n) is 9.16. The van der Waals surface area contributed by atoms with E-state index in [9.17, 15) is 0 Å². The highest BCUT2D eigenvalue weighted by Crippen LogP contribution is 2.25. The van der Waals surface area contributed by atoms with Crippen LogP contribution in [0.15, 0.2) is 60.7 Å². The van der Waals surface area contributed by atoms with Gasteiger partial charge in [-0.1, -0.05) is 42.5 Å². The Labute approximate surface area is 159 Å². The monoisotopic (exact) mass is 361 g/mol. The molecule has 6 nitrogen and oxygen atoms in total. The number of aromatic nitrogens is 2. The van der Waals surface area contributed by atoms with Crippen LogP contribution in [0, 0.1) is 0 Å². The second-order valence-electron chi connectivity index (χ2n) is 6.50. The quantitative estimate of drug-likeness (QED) is 0.657. The van der Waals surface area contributed by atoms with Gasteiger partial charge in [-0.2, -0.15) is 9.97 Å². The molecule has 0 aliphatic carbocycles. The lowest BCUT2D eigenvalue weighted by atomic mass is 10.00. The van der Waals surface area contributed by atoms with E-state index >= 15 is 0 Å². The zero-order chi connectivity index (χ0) is 18.5. The van der Waals surface area contributed by atoms with Crippen LogP contribution in [0.3, 0.4) is 0 Å². The maximum Gasteiger partial charge on any atom is 0.223 e. The van der Waals surface area contributed by atoms with Gasteiger partial charge in [-0.25, -0.2) is 0 Å². The summed E-state index contributed by atoms with van der Waals surface area (Å²) in [6.45, 7) is 2.93. The van der Waals surface area contributed by atoms with Crippen molar-refractivity contribution < 1.29 is 4.74 Å². The van der Waals surface area contributed by atoms with E-state index in [-0.39, 0.29) is 5.95 Å². The van der Waals surface area contributed by atoms with E-state index in [1.54, 1.807) is 0 Å². The molecule has 1 aliphatic rings. The van der Waals surface area contributed by atoms with E-state index < -0.39 is 0 Å². The van der Waals surface area contributed by atoms with Crippen LogP contribution in [-0.4, -0.2) is 29.7 Å². The lowest BCUT2D eigenvalue weighted by Gasteiger charge is -2.30. The molecule has 0 atom stereocenters. The lowest BCUT2D eigenvalue weighted by Crippen LogP contribution is -2.31. The number of nitrogen functional groups attached to an aromatic ring is 1. The van der Waals surface area contributed by atoms with Gasteiger partial charge in [0.2, 0.25) is 5.95 Å². The zero-order valence-electron chi connectivity index (χ0n) is 15.1. The van der Waals surface area contributed by atoms with Crippen LogP contribution in [0.1, 0.15) is 11.1 Å². The molecular weight excluding hydrogens is 338 g/mol. The smallest absolute Gasteiger partial charge is 0.223 e. The molecule has 2 heterocycles. The Morgan fingerprint density at radius 3 is 2.63 bits per heavy atom. The Hall–Kier alpha value is -3.28. The molecule has 6 heteroatoms. The summed E-state index contributed by atoms with van der Waals surface area (Å²) in [6, 6.07) is 20.2. The Morgan fingerprint density at radius 2 is 1.78 bits per heavy atom. The first-order valence-corrected chi connectivity index (χ1v) is 9.16. The van der Waals surface area contributed by atoms with Gasteiger partial charge in [-0.3, -0.25) is 0 Å². The number of nitrogens with zero attached hydrogens (tertiary/aromatic N) is 3. The van der Waals surface area contributed by atoms with Crippen molar-refractivity contribution >= 4 is 17.6 Å². The summed E-state index contributed by atoms with van der Waals surface area (Å²) in [5.41, 5.74) is 8.68. The molecule has 1 aliphatic heterocycles. The molecule has 4 rings (SSSR count). The van der Waals surface area contributed by atoms with E-state index in [1.165, 1.54) is 11.1 Å². The summed E-state index contributed by atoms with van der Waals surface area (Å²) < 4.78 is 5.70. The number of hydrogen-bond acceptors (Lipinski definition) is 6. The SMILES string of the molecule is Nc1nc(NCCOc2ccccc2)cc(N2CCc3ccccc3C2)n1. The van der Waals surface area contributed by atoms with Crippen molar-refractivity contribution in [2.24, 2.45) is 0 Å². The number of anilines is 3. The molecule has 1 aromatic heterocycles.